The number of aromatic hydroxyl groups is 1. The maximum absolute atomic E-state index is 9.31. The second-order valence-electron chi connectivity index (χ2n) is 4.85. The lowest BCUT2D eigenvalue weighted by molar-refractivity contribution is 0.315. The van der Waals surface area contributed by atoms with Crippen LogP contribution in [0.2, 0.25) is 0 Å². The third kappa shape index (κ3) is 3.53. The van der Waals surface area contributed by atoms with Crippen LogP contribution in [0.1, 0.15) is 31.7 Å². The molecular formula is C14H23NO. The van der Waals surface area contributed by atoms with Gasteiger partial charge in [-0.1, -0.05) is 32.4 Å². The second-order valence-corrected chi connectivity index (χ2v) is 4.85. The number of hydrogen-bond donors (Lipinski definition) is 1. The molecule has 1 N–H and O–H groups in total. The van der Waals surface area contributed by atoms with Crippen LogP contribution in [-0.2, 0) is 0 Å². The molecule has 16 heavy (non-hydrogen) atoms. The van der Waals surface area contributed by atoms with Crippen LogP contribution in [0.3, 0.4) is 0 Å². The number of likely N-dealkylation sites (N-methyl/N-ethyl adjacent to an activating group) is 1. The predicted molar refractivity (Wildman–Crippen MR) is 68.9 cm³/mol. The van der Waals surface area contributed by atoms with Crippen LogP contribution in [-0.4, -0.2) is 30.6 Å². The van der Waals surface area contributed by atoms with Crippen molar-refractivity contribution < 1.29 is 5.11 Å². The molecule has 0 spiro atoms. The fourth-order valence-electron chi connectivity index (χ4n) is 2.01. The number of rotatable bonds is 5. The van der Waals surface area contributed by atoms with Crippen molar-refractivity contribution in [2.45, 2.75) is 26.2 Å². The molecule has 2 nitrogen and oxygen atoms in total. The van der Waals surface area contributed by atoms with Crippen LogP contribution in [0.4, 0.5) is 0 Å². The highest BCUT2D eigenvalue weighted by atomic mass is 16.3. The van der Waals surface area contributed by atoms with Crippen LogP contribution in [0.25, 0.3) is 0 Å². The lowest BCUT2D eigenvalue weighted by atomic mass is 9.85. The van der Waals surface area contributed by atoms with E-state index < -0.39 is 0 Å². The van der Waals surface area contributed by atoms with Gasteiger partial charge in [0.05, 0.1) is 0 Å². The van der Waals surface area contributed by atoms with E-state index in [4.69, 9.17) is 0 Å². The average molecular weight is 221 g/mol. The highest BCUT2D eigenvalue weighted by molar-refractivity contribution is 5.28. The van der Waals surface area contributed by atoms with E-state index in [2.05, 4.69) is 32.8 Å². The van der Waals surface area contributed by atoms with Crippen molar-refractivity contribution >= 4 is 0 Å². The lowest BCUT2D eigenvalue weighted by Crippen LogP contribution is -2.24. The van der Waals surface area contributed by atoms with Gasteiger partial charge in [-0.2, -0.15) is 0 Å². The summed E-state index contributed by atoms with van der Waals surface area (Å²) in [5.74, 6) is 1.55. The third-order valence-corrected chi connectivity index (χ3v) is 3.21. The van der Waals surface area contributed by atoms with Crippen molar-refractivity contribution in [2.75, 3.05) is 20.6 Å². The minimum absolute atomic E-state index is 0.344. The fourth-order valence-corrected chi connectivity index (χ4v) is 2.01. The van der Waals surface area contributed by atoms with E-state index in [0.717, 1.165) is 6.54 Å². The first-order valence-electron chi connectivity index (χ1n) is 5.98. The van der Waals surface area contributed by atoms with Crippen LogP contribution in [0.5, 0.6) is 5.75 Å². The summed E-state index contributed by atoms with van der Waals surface area (Å²) in [6.45, 7) is 5.58. The molecule has 1 rings (SSSR count). The summed E-state index contributed by atoms with van der Waals surface area (Å²) in [4.78, 5) is 2.23. The first-order chi connectivity index (χ1) is 7.54. The topological polar surface area (TPSA) is 23.5 Å². The fraction of sp³-hybridized carbons (Fsp3) is 0.571. The molecule has 0 fully saturated rings. The molecule has 1 aromatic carbocycles. The number of benzene rings is 1. The lowest BCUT2D eigenvalue weighted by Gasteiger charge is -2.26. The summed E-state index contributed by atoms with van der Waals surface area (Å²) in [5.41, 5.74) is 1.32. The Labute approximate surface area is 98.9 Å². The molecule has 1 aromatic rings. The molecule has 0 aliphatic carbocycles. The summed E-state index contributed by atoms with van der Waals surface area (Å²) in [5, 5.41) is 9.31. The van der Waals surface area contributed by atoms with Crippen molar-refractivity contribution in [2.24, 2.45) is 5.92 Å². The maximum atomic E-state index is 9.31. The Balaban J connectivity index is 2.87. The highest BCUT2D eigenvalue weighted by Gasteiger charge is 2.18. The van der Waals surface area contributed by atoms with Crippen LogP contribution < -0.4 is 0 Å². The molecule has 0 saturated carbocycles. The van der Waals surface area contributed by atoms with E-state index >= 15 is 0 Å². The number of phenolic OH excluding ortho intramolecular Hbond substituents is 1. The first-order valence-corrected chi connectivity index (χ1v) is 5.98. The molecule has 90 valence electrons. The molecular weight excluding hydrogens is 198 g/mol. The quantitative estimate of drug-likeness (QED) is 0.826. The first kappa shape index (κ1) is 13.0. The van der Waals surface area contributed by atoms with E-state index in [-0.39, 0.29) is 0 Å². The van der Waals surface area contributed by atoms with Crippen LogP contribution >= 0.6 is 0 Å². The maximum Gasteiger partial charge on any atom is 0.115 e. The van der Waals surface area contributed by atoms with E-state index in [9.17, 15) is 5.11 Å². The van der Waals surface area contributed by atoms with E-state index in [0.29, 0.717) is 17.6 Å². The van der Waals surface area contributed by atoms with Crippen molar-refractivity contribution in [3.63, 3.8) is 0 Å². The predicted octanol–water partition coefficient (Wildman–Crippen LogP) is 3.08. The van der Waals surface area contributed by atoms with Gasteiger partial charge in [0.1, 0.15) is 5.75 Å². The average Bonchev–Trinajstić information content (AvgIpc) is 2.26. The molecule has 2 unspecified atom stereocenters. The SMILES string of the molecule is CCC(C)C(CN(C)C)c1ccc(O)cc1. The number of nitrogens with zero attached hydrogens (tertiary/aromatic N) is 1. The molecule has 0 radical (unpaired) electrons. The number of phenols is 1. The smallest absolute Gasteiger partial charge is 0.115 e. The van der Waals surface area contributed by atoms with E-state index in [1.807, 2.05) is 12.1 Å². The molecule has 0 aliphatic rings. The second kappa shape index (κ2) is 5.90. The summed E-state index contributed by atoms with van der Waals surface area (Å²) in [7, 11) is 4.21. The van der Waals surface area contributed by atoms with Crippen molar-refractivity contribution in [1.29, 1.82) is 0 Å². The molecule has 2 heteroatoms. The Morgan fingerprint density at radius 2 is 1.75 bits per heavy atom. The molecule has 2 atom stereocenters. The summed E-state index contributed by atoms with van der Waals surface area (Å²) in [6, 6.07) is 7.63. The summed E-state index contributed by atoms with van der Waals surface area (Å²) < 4.78 is 0. The van der Waals surface area contributed by atoms with Gasteiger partial charge in [0, 0.05) is 6.54 Å². The van der Waals surface area contributed by atoms with Crippen molar-refractivity contribution in [3.8, 4) is 5.75 Å². The summed E-state index contributed by atoms with van der Waals surface area (Å²) in [6.07, 6.45) is 1.18. The van der Waals surface area contributed by atoms with E-state index in [1.165, 1.54) is 12.0 Å². The zero-order valence-corrected chi connectivity index (χ0v) is 10.8. The monoisotopic (exact) mass is 221 g/mol. The van der Waals surface area contributed by atoms with E-state index in [1.54, 1.807) is 12.1 Å². The van der Waals surface area contributed by atoms with Gasteiger partial charge in [0.25, 0.3) is 0 Å². The van der Waals surface area contributed by atoms with Crippen molar-refractivity contribution in [3.05, 3.63) is 29.8 Å². The van der Waals surface area contributed by atoms with Gasteiger partial charge in [-0.05, 0) is 43.6 Å². The Morgan fingerprint density at radius 3 is 2.19 bits per heavy atom. The molecule has 0 saturated heterocycles. The largest absolute Gasteiger partial charge is 0.508 e. The van der Waals surface area contributed by atoms with Gasteiger partial charge in [-0.25, -0.2) is 0 Å². The van der Waals surface area contributed by atoms with Crippen LogP contribution in [0.15, 0.2) is 24.3 Å². The van der Waals surface area contributed by atoms with Crippen LogP contribution in [0, 0.1) is 5.92 Å². The minimum atomic E-state index is 0.344. The molecule has 0 heterocycles. The Kier molecular flexibility index (Phi) is 4.81. The zero-order chi connectivity index (χ0) is 12.1. The summed E-state index contributed by atoms with van der Waals surface area (Å²) >= 11 is 0. The molecule has 0 aromatic heterocycles. The van der Waals surface area contributed by atoms with Gasteiger partial charge in [-0.15, -0.1) is 0 Å². The van der Waals surface area contributed by atoms with Gasteiger partial charge in [0.2, 0.25) is 0 Å². The molecule has 0 aliphatic heterocycles. The third-order valence-electron chi connectivity index (χ3n) is 3.21. The number of hydrogen-bond acceptors (Lipinski definition) is 2. The minimum Gasteiger partial charge on any atom is -0.508 e. The zero-order valence-electron chi connectivity index (χ0n) is 10.8. The van der Waals surface area contributed by atoms with Gasteiger partial charge < -0.3 is 10.0 Å². The van der Waals surface area contributed by atoms with Crippen molar-refractivity contribution in [1.82, 2.24) is 4.90 Å². The standard InChI is InChI=1S/C14H23NO/c1-5-11(2)14(10-15(3)4)12-6-8-13(16)9-7-12/h6-9,11,14,16H,5,10H2,1-4H3. The Morgan fingerprint density at radius 1 is 1.19 bits per heavy atom. The van der Waals surface area contributed by atoms with Gasteiger partial charge in [0.15, 0.2) is 0 Å². The Hall–Kier alpha value is -1.02. The molecule has 0 amide bonds. The normalized spacial score (nSPS) is 15.1. The molecule has 0 bridgehead atoms. The Bertz CT molecular complexity index is 305. The van der Waals surface area contributed by atoms with Gasteiger partial charge >= 0.3 is 0 Å². The highest BCUT2D eigenvalue weighted by Crippen LogP contribution is 2.28. The van der Waals surface area contributed by atoms with Gasteiger partial charge in [-0.3, -0.25) is 0 Å².